The van der Waals surface area contributed by atoms with E-state index in [2.05, 4.69) is 298 Å². The largest absolute Gasteiger partial charge is 0.456 e. The summed E-state index contributed by atoms with van der Waals surface area (Å²) in [5, 5.41) is 10.7. The zero-order valence-corrected chi connectivity index (χ0v) is 57.5. The molecule has 6 heterocycles. The number of rotatable bonds is 7. The molecule has 20 aromatic rings. The molecule has 22 rings (SSSR count). The zero-order valence-electron chi connectivity index (χ0n) is 57.5. The van der Waals surface area contributed by atoms with E-state index in [1.54, 1.807) is 0 Å². The van der Waals surface area contributed by atoms with Crippen molar-refractivity contribution in [3.05, 3.63) is 338 Å². The van der Waals surface area contributed by atoms with Gasteiger partial charge in [0.05, 0.1) is 44.7 Å². The van der Waals surface area contributed by atoms with Crippen LogP contribution in [0.3, 0.4) is 0 Å². The normalized spacial score (nSPS) is 13.3. The Labute approximate surface area is 599 Å². The van der Waals surface area contributed by atoms with Gasteiger partial charge in [0.1, 0.15) is 22.3 Å². The standard InChI is InChI=1S/C49H33N3O.C47H31N3O/c1-49(2)40-27-45-38(25-36(40)37-26-39-35-18-10-12-20-46(35)53-47(39)28-41(37)49)34-17-9-11-19-44(34)52(45)33-23-21-31(22-24-33)43-29-42(30-13-5-3-6-14-30)50-48(51-43)32-15-7-4-8-16-32;1-47(2)38-26-42-36(24-34(38)35-25-37-32-15-8-11-19-43(32)51-44(37)27-39(35)47)31-14-7-10-18-41(31)50(42)30-22-20-29(21-23-30)46-48-40-17-9-6-16-33(40)45(49-46)28-12-4-3-5-13-28/h3-29H,1-2H3;3-27H,1-2H3. The van der Waals surface area contributed by atoms with Crippen LogP contribution >= 0.6 is 0 Å². The number of hydrogen-bond acceptors (Lipinski definition) is 6. The minimum absolute atomic E-state index is 0.193. The molecule has 0 fully saturated rings. The van der Waals surface area contributed by atoms with Gasteiger partial charge in [-0.2, -0.15) is 0 Å². The van der Waals surface area contributed by atoms with E-state index < -0.39 is 0 Å². The van der Waals surface area contributed by atoms with Gasteiger partial charge in [0.25, 0.3) is 0 Å². The maximum atomic E-state index is 6.35. The molecule has 0 bridgehead atoms. The first kappa shape index (κ1) is 59.6. The van der Waals surface area contributed by atoms with Crippen LogP contribution in [-0.2, 0) is 10.8 Å². The monoisotopic (exact) mass is 1330 g/mol. The number of hydrogen-bond donors (Lipinski definition) is 0. The third-order valence-corrected chi connectivity index (χ3v) is 22.2. The molecule has 0 radical (unpaired) electrons. The Morgan fingerprint density at radius 2 is 0.615 bits per heavy atom. The predicted molar refractivity (Wildman–Crippen MR) is 427 cm³/mol. The van der Waals surface area contributed by atoms with E-state index in [1.165, 1.54) is 98.9 Å². The Hall–Kier alpha value is -13.3. The third-order valence-electron chi connectivity index (χ3n) is 22.2. The summed E-state index contributed by atoms with van der Waals surface area (Å²) in [6.45, 7) is 9.36. The number of furan rings is 2. The molecule has 2 aliphatic carbocycles. The highest BCUT2D eigenvalue weighted by atomic mass is 16.3. The lowest BCUT2D eigenvalue weighted by molar-refractivity contribution is 0.647. The zero-order chi connectivity index (χ0) is 69.1. The smallest absolute Gasteiger partial charge is 0.160 e. The number of para-hydroxylation sites is 5. The quantitative estimate of drug-likeness (QED) is 0.158. The van der Waals surface area contributed by atoms with E-state index >= 15 is 0 Å². The molecule has 0 atom stereocenters. The van der Waals surface area contributed by atoms with Crippen molar-refractivity contribution in [2.24, 2.45) is 0 Å². The maximum Gasteiger partial charge on any atom is 0.160 e. The van der Waals surface area contributed by atoms with Crippen molar-refractivity contribution in [1.82, 2.24) is 29.1 Å². The fourth-order valence-electron chi connectivity index (χ4n) is 17.0. The van der Waals surface area contributed by atoms with Crippen LogP contribution in [0.2, 0.25) is 0 Å². The van der Waals surface area contributed by atoms with Crippen LogP contribution in [-0.4, -0.2) is 29.1 Å². The fraction of sp³-hybridized carbons (Fsp3) is 0.0625. The topological polar surface area (TPSA) is 87.7 Å². The first-order valence-corrected chi connectivity index (χ1v) is 35.7. The van der Waals surface area contributed by atoms with Crippen LogP contribution in [0.5, 0.6) is 0 Å². The van der Waals surface area contributed by atoms with Crippen molar-refractivity contribution in [3.8, 4) is 90.2 Å². The molecule has 8 heteroatoms. The van der Waals surface area contributed by atoms with Crippen molar-refractivity contribution in [2.75, 3.05) is 0 Å². The van der Waals surface area contributed by atoms with Gasteiger partial charge < -0.3 is 18.0 Å². The molecule has 14 aromatic carbocycles. The van der Waals surface area contributed by atoms with E-state index in [0.29, 0.717) is 5.82 Å². The van der Waals surface area contributed by atoms with Crippen molar-refractivity contribution in [1.29, 1.82) is 0 Å². The molecule has 0 N–H and O–H groups in total. The van der Waals surface area contributed by atoms with Crippen LogP contribution in [0.15, 0.2) is 324 Å². The Balaban J connectivity index is 0.000000134. The highest BCUT2D eigenvalue weighted by Crippen LogP contribution is 2.55. The van der Waals surface area contributed by atoms with Crippen LogP contribution in [0.4, 0.5) is 0 Å². The summed E-state index contributed by atoms with van der Waals surface area (Å²) in [6.07, 6.45) is 0. The third kappa shape index (κ3) is 9.11. The number of fused-ring (bicyclic) bond motifs is 19. The molecule has 490 valence electrons. The van der Waals surface area contributed by atoms with Crippen molar-refractivity contribution in [3.63, 3.8) is 0 Å². The average Bonchev–Trinajstić information content (AvgIpc) is 1.55. The van der Waals surface area contributed by atoms with Gasteiger partial charge in [-0.25, -0.2) is 19.9 Å². The second-order valence-electron chi connectivity index (χ2n) is 28.8. The molecule has 0 amide bonds. The van der Waals surface area contributed by atoms with Gasteiger partial charge in [-0.3, -0.25) is 0 Å². The number of nitrogens with zero attached hydrogens (tertiary/aromatic N) is 6. The molecule has 8 nitrogen and oxygen atoms in total. The van der Waals surface area contributed by atoms with E-state index in [0.717, 1.165) is 106 Å². The molecule has 0 saturated carbocycles. The Kier molecular flexibility index (Phi) is 12.9. The Morgan fingerprint density at radius 3 is 1.12 bits per heavy atom. The summed E-state index contributed by atoms with van der Waals surface area (Å²) in [5.74, 6) is 1.43. The van der Waals surface area contributed by atoms with Gasteiger partial charge in [-0.1, -0.05) is 222 Å². The summed E-state index contributed by atoms with van der Waals surface area (Å²) >= 11 is 0. The van der Waals surface area contributed by atoms with Gasteiger partial charge in [0, 0.05) is 98.5 Å². The van der Waals surface area contributed by atoms with E-state index in [4.69, 9.17) is 28.8 Å². The van der Waals surface area contributed by atoms with Crippen LogP contribution in [0.25, 0.3) is 189 Å². The lowest BCUT2D eigenvalue weighted by Crippen LogP contribution is -2.15. The van der Waals surface area contributed by atoms with E-state index in [-0.39, 0.29) is 10.8 Å². The molecular weight excluding hydrogens is 1270 g/mol. The van der Waals surface area contributed by atoms with Crippen LogP contribution < -0.4 is 0 Å². The van der Waals surface area contributed by atoms with Gasteiger partial charge >= 0.3 is 0 Å². The van der Waals surface area contributed by atoms with Crippen molar-refractivity contribution < 1.29 is 8.83 Å². The highest BCUT2D eigenvalue weighted by Gasteiger charge is 2.39. The molecule has 0 spiro atoms. The average molecular weight is 1330 g/mol. The van der Waals surface area contributed by atoms with Gasteiger partial charge in [0.15, 0.2) is 11.6 Å². The molecule has 0 unspecified atom stereocenters. The Bertz CT molecular complexity index is 6880. The maximum absolute atomic E-state index is 6.35. The second kappa shape index (κ2) is 22.6. The highest BCUT2D eigenvalue weighted by molar-refractivity contribution is 6.15. The summed E-state index contributed by atoms with van der Waals surface area (Å²) in [4.78, 5) is 20.2. The molecular formula is C96H64N6O2. The molecule has 6 aromatic heterocycles. The van der Waals surface area contributed by atoms with Crippen molar-refractivity contribution in [2.45, 2.75) is 38.5 Å². The van der Waals surface area contributed by atoms with Gasteiger partial charge in [-0.05, 0) is 166 Å². The lowest BCUT2D eigenvalue weighted by atomic mass is 9.82. The first-order chi connectivity index (χ1) is 51.0. The van der Waals surface area contributed by atoms with E-state index in [9.17, 15) is 0 Å². The van der Waals surface area contributed by atoms with Crippen molar-refractivity contribution >= 4 is 98.4 Å². The number of aromatic nitrogens is 6. The molecule has 2 aliphatic rings. The SMILES string of the molecule is CC1(C)c2cc3oc4ccccc4c3cc2-c2cc3c4ccccc4n(-c4ccc(-c5cc(-c6ccccc6)nc(-c6ccccc6)n5)cc4)c3cc21.CC1(C)c2cc3oc4ccccc4c3cc2-c2cc3c4ccccc4n(-c4ccc(-c5nc(-c6ccccc6)c6ccccc6n5)cc4)c3cc21. The molecule has 0 aliphatic heterocycles. The fourth-order valence-corrected chi connectivity index (χ4v) is 17.0. The first-order valence-electron chi connectivity index (χ1n) is 35.7. The molecule has 0 saturated heterocycles. The van der Waals surface area contributed by atoms with Gasteiger partial charge in [0.2, 0.25) is 0 Å². The second-order valence-corrected chi connectivity index (χ2v) is 28.8. The number of benzene rings is 14. The summed E-state index contributed by atoms with van der Waals surface area (Å²) in [6, 6.07) is 112. The lowest BCUT2D eigenvalue weighted by Gasteiger charge is -2.21. The molecule has 104 heavy (non-hydrogen) atoms. The minimum atomic E-state index is -0.197. The summed E-state index contributed by atoms with van der Waals surface area (Å²) in [7, 11) is 0. The van der Waals surface area contributed by atoms with Crippen LogP contribution in [0, 0.1) is 0 Å². The minimum Gasteiger partial charge on any atom is -0.456 e. The summed E-state index contributed by atoms with van der Waals surface area (Å²) < 4.78 is 17.5. The van der Waals surface area contributed by atoms with Crippen LogP contribution in [0.1, 0.15) is 49.9 Å². The van der Waals surface area contributed by atoms with E-state index in [1.807, 2.05) is 54.6 Å². The summed E-state index contributed by atoms with van der Waals surface area (Å²) in [5.41, 5.74) is 29.7. The van der Waals surface area contributed by atoms with Gasteiger partial charge in [-0.15, -0.1) is 0 Å². The Morgan fingerprint density at radius 1 is 0.250 bits per heavy atom. The predicted octanol–water partition coefficient (Wildman–Crippen LogP) is 25.0.